The van der Waals surface area contributed by atoms with Gasteiger partial charge in [-0.15, -0.1) is 0 Å². The van der Waals surface area contributed by atoms with E-state index in [9.17, 15) is 10.2 Å². The van der Waals surface area contributed by atoms with Crippen molar-refractivity contribution in [3.63, 3.8) is 0 Å². The van der Waals surface area contributed by atoms with E-state index in [-0.39, 0.29) is 18.4 Å². The summed E-state index contributed by atoms with van der Waals surface area (Å²) in [7, 11) is 0. The van der Waals surface area contributed by atoms with Crippen LogP contribution in [0.2, 0.25) is 5.02 Å². The number of hydrogen-bond donors (Lipinski definition) is 4. The minimum atomic E-state index is -0.289. The molecule has 6 nitrogen and oxygen atoms in total. The maximum Gasteiger partial charge on any atom is 0.125 e. The van der Waals surface area contributed by atoms with Gasteiger partial charge in [-0.25, -0.2) is 0 Å². The van der Waals surface area contributed by atoms with Crippen LogP contribution in [0.4, 0.5) is 5.69 Å². The van der Waals surface area contributed by atoms with E-state index in [1.165, 1.54) is 0 Å². The number of aromatic amines is 1. The summed E-state index contributed by atoms with van der Waals surface area (Å²) >= 11 is 6.22. The van der Waals surface area contributed by atoms with Crippen LogP contribution in [-0.2, 0) is 0 Å². The molecule has 4 N–H and O–H groups in total. The van der Waals surface area contributed by atoms with Crippen molar-refractivity contribution in [1.82, 2.24) is 15.2 Å². The normalized spacial score (nSPS) is 12.1. The number of phenolic OH excluding ortho intramolecular Hbond substituents is 1. The predicted octanol–water partition coefficient (Wildman–Crippen LogP) is 5.80. The number of anilines is 1. The van der Waals surface area contributed by atoms with Gasteiger partial charge in [-0.3, -0.25) is 10.1 Å². The van der Waals surface area contributed by atoms with Crippen molar-refractivity contribution in [2.75, 3.05) is 11.9 Å². The zero-order chi connectivity index (χ0) is 22.8. The van der Waals surface area contributed by atoms with E-state index in [4.69, 9.17) is 11.6 Å². The fourth-order valence-corrected chi connectivity index (χ4v) is 4.08. The van der Waals surface area contributed by atoms with Gasteiger partial charge in [-0.2, -0.15) is 5.10 Å². The minimum absolute atomic E-state index is 0.0723. The summed E-state index contributed by atoms with van der Waals surface area (Å²) in [5, 5.41) is 32.4. The lowest BCUT2D eigenvalue weighted by Crippen LogP contribution is -2.15. The van der Waals surface area contributed by atoms with Crippen LogP contribution in [0.15, 0.2) is 85.2 Å². The molecular formula is C26H21ClN4O2. The molecule has 0 aliphatic rings. The first-order valence-electron chi connectivity index (χ1n) is 10.5. The molecule has 7 heteroatoms. The average molecular weight is 457 g/mol. The van der Waals surface area contributed by atoms with Crippen LogP contribution in [0.25, 0.3) is 33.3 Å². The molecule has 0 saturated heterocycles. The lowest BCUT2D eigenvalue weighted by Gasteiger charge is -2.20. The van der Waals surface area contributed by atoms with E-state index in [0.29, 0.717) is 16.3 Å². The minimum Gasteiger partial charge on any atom is -0.507 e. The van der Waals surface area contributed by atoms with Crippen molar-refractivity contribution in [2.24, 2.45) is 0 Å². The Balaban J connectivity index is 1.63. The Labute approximate surface area is 195 Å². The van der Waals surface area contributed by atoms with Crippen molar-refractivity contribution >= 4 is 28.2 Å². The van der Waals surface area contributed by atoms with E-state index in [1.807, 2.05) is 54.6 Å². The number of aliphatic hydroxyl groups excluding tert-OH is 1. The zero-order valence-corrected chi connectivity index (χ0v) is 18.3. The van der Waals surface area contributed by atoms with Crippen molar-refractivity contribution in [3.8, 4) is 28.1 Å². The number of phenols is 1. The van der Waals surface area contributed by atoms with Gasteiger partial charge in [0.05, 0.1) is 41.9 Å². The molecule has 0 bridgehead atoms. The summed E-state index contributed by atoms with van der Waals surface area (Å²) < 4.78 is 0. The van der Waals surface area contributed by atoms with Crippen LogP contribution >= 0.6 is 11.6 Å². The van der Waals surface area contributed by atoms with Gasteiger partial charge >= 0.3 is 0 Å². The lowest BCUT2D eigenvalue weighted by atomic mass is 9.97. The zero-order valence-electron chi connectivity index (χ0n) is 17.5. The summed E-state index contributed by atoms with van der Waals surface area (Å²) in [6.07, 6.45) is 3.46. The molecular weight excluding hydrogens is 436 g/mol. The maximum absolute atomic E-state index is 10.5. The molecule has 0 radical (unpaired) electrons. The molecule has 1 unspecified atom stereocenters. The number of hydrogen-bond acceptors (Lipinski definition) is 5. The third-order valence-corrected chi connectivity index (χ3v) is 5.81. The van der Waals surface area contributed by atoms with E-state index in [0.717, 1.165) is 33.3 Å². The van der Waals surface area contributed by atoms with E-state index < -0.39 is 0 Å². The molecule has 33 heavy (non-hydrogen) atoms. The fourth-order valence-electron chi connectivity index (χ4n) is 3.91. The number of rotatable bonds is 6. The van der Waals surface area contributed by atoms with Crippen molar-refractivity contribution in [1.29, 1.82) is 0 Å². The molecule has 0 saturated carbocycles. The van der Waals surface area contributed by atoms with Crippen LogP contribution < -0.4 is 5.32 Å². The highest BCUT2D eigenvalue weighted by molar-refractivity contribution is 6.31. The Morgan fingerprint density at radius 3 is 2.61 bits per heavy atom. The third kappa shape index (κ3) is 4.26. The monoisotopic (exact) mass is 456 g/mol. The quantitative estimate of drug-likeness (QED) is 0.259. The Bertz CT molecular complexity index is 1420. The first-order chi connectivity index (χ1) is 16.1. The Kier molecular flexibility index (Phi) is 5.69. The number of H-pyrrole nitrogens is 1. The Morgan fingerprint density at radius 2 is 1.79 bits per heavy atom. The molecule has 5 aromatic rings. The Morgan fingerprint density at radius 1 is 0.939 bits per heavy atom. The van der Waals surface area contributed by atoms with E-state index in [1.54, 1.807) is 30.6 Å². The molecule has 0 aliphatic heterocycles. The van der Waals surface area contributed by atoms with Crippen LogP contribution in [0.3, 0.4) is 0 Å². The van der Waals surface area contributed by atoms with Gasteiger partial charge in [0.15, 0.2) is 0 Å². The fraction of sp³-hybridized carbons (Fsp3) is 0.0769. The number of fused-ring (bicyclic) bond motifs is 1. The molecule has 0 fully saturated rings. The third-order valence-electron chi connectivity index (χ3n) is 5.58. The number of nitrogens with zero attached hydrogens (tertiary/aromatic N) is 2. The topological polar surface area (TPSA) is 94.1 Å². The Hall–Kier alpha value is -3.87. The molecule has 2 aromatic heterocycles. The molecule has 0 spiro atoms. The van der Waals surface area contributed by atoms with Gasteiger partial charge < -0.3 is 15.5 Å². The number of aromatic nitrogens is 3. The highest BCUT2D eigenvalue weighted by Gasteiger charge is 2.17. The van der Waals surface area contributed by atoms with Gasteiger partial charge in [0.25, 0.3) is 0 Å². The summed E-state index contributed by atoms with van der Waals surface area (Å²) in [5.41, 5.74) is 5.50. The first kappa shape index (κ1) is 21.0. The van der Waals surface area contributed by atoms with Crippen LogP contribution in [-0.4, -0.2) is 32.0 Å². The molecule has 5 rings (SSSR count). The number of aromatic hydroxyl groups is 1. The largest absolute Gasteiger partial charge is 0.507 e. The summed E-state index contributed by atoms with van der Waals surface area (Å²) in [5.74, 6) is 0.0933. The summed E-state index contributed by atoms with van der Waals surface area (Å²) in [6.45, 7) is -0.0723. The van der Waals surface area contributed by atoms with E-state index in [2.05, 4.69) is 20.5 Å². The first-order valence-corrected chi connectivity index (χ1v) is 10.8. The number of pyridine rings is 1. The second kappa shape index (κ2) is 8.94. The second-order valence-electron chi connectivity index (χ2n) is 7.74. The van der Waals surface area contributed by atoms with Crippen LogP contribution in [0.1, 0.15) is 11.6 Å². The van der Waals surface area contributed by atoms with Crippen molar-refractivity contribution in [3.05, 3.63) is 95.8 Å². The predicted molar refractivity (Wildman–Crippen MR) is 131 cm³/mol. The molecule has 0 amide bonds. The lowest BCUT2D eigenvalue weighted by molar-refractivity contribution is 0.276. The SMILES string of the molecule is OCC(Nc1cnc(-c2cc(Cl)ccc2O)c(-c2ccc3[nH]ncc3c2)c1)c1ccccc1. The number of benzene rings is 3. The molecule has 3 aromatic carbocycles. The average Bonchev–Trinajstić information content (AvgIpc) is 3.32. The van der Waals surface area contributed by atoms with Gasteiger partial charge in [0.1, 0.15) is 5.75 Å². The van der Waals surface area contributed by atoms with Gasteiger partial charge in [0.2, 0.25) is 0 Å². The smallest absolute Gasteiger partial charge is 0.125 e. The number of aliphatic hydroxyl groups is 1. The second-order valence-corrected chi connectivity index (χ2v) is 8.18. The molecule has 1 atom stereocenters. The van der Waals surface area contributed by atoms with Gasteiger partial charge in [-0.1, -0.05) is 48.0 Å². The van der Waals surface area contributed by atoms with Gasteiger partial charge in [-0.05, 0) is 47.5 Å². The molecule has 2 heterocycles. The van der Waals surface area contributed by atoms with Crippen LogP contribution in [0, 0.1) is 0 Å². The van der Waals surface area contributed by atoms with Gasteiger partial charge in [0, 0.05) is 21.5 Å². The van der Waals surface area contributed by atoms with Crippen LogP contribution in [0.5, 0.6) is 5.75 Å². The molecule has 0 aliphatic carbocycles. The highest BCUT2D eigenvalue weighted by Crippen LogP contribution is 2.39. The van der Waals surface area contributed by atoms with Crippen molar-refractivity contribution < 1.29 is 10.2 Å². The maximum atomic E-state index is 10.5. The molecule has 164 valence electrons. The number of nitrogens with one attached hydrogen (secondary N) is 2. The van der Waals surface area contributed by atoms with Crippen molar-refractivity contribution in [2.45, 2.75) is 6.04 Å². The summed E-state index contributed by atoms with van der Waals surface area (Å²) in [4.78, 5) is 4.69. The van der Waals surface area contributed by atoms with E-state index >= 15 is 0 Å². The number of halogens is 1. The highest BCUT2D eigenvalue weighted by atomic mass is 35.5. The standard InChI is InChI=1S/C26H21ClN4O2/c27-19-7-9-25(33)22(11-19)26-21(17-6-8-23-18(10-17)13-29-31-23)12-20(14-28-26)30-24(15-32)16-4-2-1-3-5-16/h1-14,24,30,32-33H,15H2,(H,29,31). The summed E-state index contributed by atoms with van der Waals surface area (Å²) in [6, 6.07) is 22.3.